The molecule has 1 N–H and O–H groups in total. The Kier molecular flexibility index (Phi) is 8.15. The van der Waals surface area contributed by atoms with E-state index in [1.807, 2.05) is 37.3 Å². The van der Waals surface area contributed by atoms with E-state index in [4.69, 9.17) is 14.2 Å². The molecule has 1 fully saturated rings. The monoisotopic (exact) mass is 511 g/mol. The van der Waals surface area contributed by atoms with Gasteiger partial charge < -0.3 is 19.3 Å². The molecule has 1 saturated carbocycles. The van der Waals surface area contributed by atoms with Crippen LogP contribution in [-0.4, -0.2) is 49.4 Å². The number of carbonyl (C=O) groups is 2. The zero-order chi connectivity index (χ0) is 25.9. The smallest absolute Gasteiger partial charge is 0.310 e. The number of esters is 2. The van der Waals surface area contributed by atoms with E-state index in [0.29, 0.717) is 31.8 Å². The summed E-state index contributed by atoms with van der Waals surface area (Å²) in [5.41, 5.74) is 2.77. The maximum absolute atomic E-state index is 13.4. The molecule has 2 unspecified atom stereocenters. The van der Waals surface area contributed by atoms with Gasteiger partial charge in [0.1, 0.15) is 12.4 Å². The van der Waals surface area contributed by atoms with E-state index in [0.717, 1.165) is 22.7 Å². The van der Waals surface area contributed by atoms with E-state index in [1.165, 1.54) is 0 Å². The number of ether oxygens (including phenoxy) is 3. The highest BCUT2D eigenvalue weighted by Crippen LogP contribution is 2.57. The van der Waals surface area contributed by atoms with Gasteiger partial charge >= 0.3 is 11.9 Å². The van der Waals surface area contributed by atoms with Crippen LogP contribution in [0.15, 0.2) is 42.7 Å². The van der Waals surface area contributed by atoms with Crippen molar-refractivity contribution in [1.29, 1.82) is 0 Å². The summed E-state index contributed by atoms with van der Waals surface area (Å²) in [7, 11) is -1.38. The highest BCUT2D eigenvalue weighted by molar-refractivity contribution is 6.76. The number of hydrogen-bond acceptors (Lipinski definition) is 7. The Morgan fingerprint density at radius 3 is 2.50 bits per heavy atom. The quantitative estimate of drug-likeness (QED) is 0.366. The van der Waals surface area contributed by atoms with Crippen LogP contribution < -0.4 is 4.74 Å². The normalized spacial score (nSPS) is 24.6. The molecule has 1 heterocycles. The van der Waals surface area contributed by atoms with Crippen LogP contribution in [0, 0.1) is 11.8 Å². The Morgan fingerprint density at radius 1 is 1.06 bits per heavy atom. The van der Waals surface area contributed by atoms with Gasteiger partial charge in [-0.2, -0.15) is 0 Å². The van der Waals surface area contributed by atoms with Crippen molar-refractivity contribution in [2.75, 3.05) is 13.2 Å². The Labute approximate surface area is 214 Å². The average molecular weight is 512 g/mol. The van der Waals surface area contributed by atoms with Crippen LogP contribution in [0.4, 0.5) is 0 Å². The maximum Gasteiger partial charge on any atom is 0.310 e. The summed E-state index contributed by atoms with van der Waals surface area (Å²) in [4.78, 5) is 30.8. The van der Waals surface area contributed by atoms with E-state index in [-0.39, 0.29) is 18.5 Å². The van der Waals surface area contributed by atoms with Gasteiger partial charge in [-0.3, -0.25) is 14.6 Å². The second kappa shape index (κ2) is 11.1. The molecule has 0 amide bonds. The SMILES string of the molecule is CCCOC(=O)[C@H]1[C@H](C(=O)OCC[Si](C)(C)C)C2CC(O)[C@H]1c1cc(OCc3cccnc3)ccc12. The summed E-state index contributed by atoms with van der Waals surface area (Å²) in [6.45, 7) is 9.62. The zero-order valence-electron chi connectivity index (χ0n) is 21.6. The van der Waals surface area contributed by atoms with Gasteiger partial charge in [0.25, 0.3) is 0 Å². The second-order valence-electron chi connectivity index (χ2n) is 11.1. The number of pyridine rings is 1. The summed E-state index contributed by atoms with van der Waals surface area (Å²) in [6.07, 6.45) is 3.82. The van der Waals surface area contributed by atoms with Gasteiger partial charge in [0.15, 0.2) is 0 Å². The van der Waals surface area contributed by atoms with E-state index in [2.05, 4.69) is 24.6 Å². The lowest BCUT2D eigenvalue weighted by molar-refractivity contribution is -0.169. The highest BCUT2D eigenvalue weighted by atomic mass is 28.3. The Balaban J connectivity index is 1.62. The van der Waals surface area contributed by atoms with Crippen molar-refractivity contribution < 1.29 is 28.9 Å². The maximum atomic E-state index is 13.4. The molecule has 1 aromatic heterocycles. The predicted octanol–water partition coefficient (Wildman–Crippen LogP) is 4.67. The van der Waals surface area contributed by atoms with Crippen molar-refractivity contribution in [1.82, 2.24) is 4.98 Å². The molecule has 3 aliphatic rings. The first-order chi connectivity index (χ1) is 17.2. The van der Waals surface area contributed by atoms with E-state index < -0.39 is 37.9 Å². The summed E-state index contributed by atoms with van der Waals surface area (Å²) >= 11 is 0. The lowest BCUT2D eigenvalue weighted by atomic mass is 9.55. The van der Waals surface area contributed by atoms with Crippen molar-refractivity contribution in [2.45, 2.75) is 70.0 Å². The average Bonchev–Trinajstić information content (AvgIpc) is 2.85. The molecule has 1 aromatic carbocycles. The van der Waals surface area contributed by atoms with Gasteiger partial charge in [0.05, 0.1) is 31.2 Å². The fourth-order valence-corrected chi connectivity index (χ4v) is 6.08. The third-order valence-corrected chi connectivity index (χ3v) is 8.86. The number of aromatic nitrogens is 1. The zero-order valence-corrected chi connectivity index (χ0v) is 22.6. The topological polar surface area (TPSA) is 95.0 Å². The van der Waals surface area contributed by atoms with Crippen molar-refractivity contribution in [3.8, 4) is 5.75 Å². The minimum absolute atomic E-state index is 0.279. The van der Waals surface area contributed by atoms with Crippen molar-refractivity contribution in [3.63, 3.8) is 0 Å². The lowest BCUT2D eigenvalue weighted by Crippen LogP contribution is -2.52. The number of aliphatic hydroxyl groups is 1. The van der Waals surface area contributed by atoms with Gasteiger partial charge in [-0.25, -0.2) is 0 Å². The minimum Gasteiger partial charge on any atom is -0.489 e. The first-order valence-electron chi connectivity index (χ1n) is 12.9. The predicted molar refractivity (Wildman–Crippen MR) is 138 cm³/mol. The molecule has 2 aromatic rings. The molecule has 7 nitrogen and oxygen atoms in total. The first-order valence-corrected chi connectivity index (χ1v) is 16.6. The second-order valence-corrected chi connectivity index (χ2v) is 16.7. The fourth-order valence-electron chi connectivity index (χ4n) is 5.36. The Hall–Kier alpha value is -2.71. The fraction of sp³-hybridized carbons (Fsp3) is 0.536. The Bertz CT molecular complexity index is 1070. The van der Waals surface area contributed by atoms with Gasteiger partial charge in [-0.05, 0) is 48.2 Å². The number of nitrogens with zero attached hydrogens (tertiary/aromatic N) is 1. The summed E-state index contributed by atoms with van der Waals surface area (Å²) in [5, 5.41) is 11.1. The van der Waals surface area contributed by atoms with Gasteiger partial charge in [0, 0.05) is 37.9 Å². The summed E-state index contributed by atoms with van der Waals surface area (Å²) in [6, 6.07) is 10.4. The van der Waals surface area contributed by atoms with Crippen LogP contribution in [0.25, 0.3) is 0 Å². The van der Waals surface area contributed by atoms with Crippen LogP contribution in [0.5, 0.6) is 5.75 Å². The molecule has 5 atom stereocenters. The van der Waals surface area contributed by atoms with Crippen molar-refractivity contribution in [3.05, 3.63) is 59.4 Å². The van der Waals surface area contributed by atoms with Gasteiger partial charge in [0.2, 0.25) is 0 Å². The number of aliphatic hydroxyl groups excluding tert-OH is 1. The van der Waals surface area contributed by atoms with Crippen LogP contribution >= 0.6 is 0 Å². The van der Waals surface area contributed by atoms with E-state index in [1.54, 1.807) is 12.4 Å². The molecular formula is C28H37NO6Si. The molecule has 0 saturated heterocycles. The number of hydrogen-bond donors (Lipinski definition) is 1. The van der Waals surface area contributed by atoms with Gasteiger partial charge in [-0.15, -0.1) is 0 Å². The number of carbonyl (C=O) groups excluding carboxylic acids is 2. The molecule has 36 heavy (non-hydrogen) atoms. The van der Waals surface area contributed by atoms with Crippen molar-refractivity contribution in [2.24, 2.45) is 11.8 Å². The molecule has 0 spiro atoms. The number of fused-ring (bicyclic) bond motifs is 2. The van der Waals surface area contributed by atoms with Crippen LogP contribution in [-0.2, 0) is 25.7 Å². The third-order valence-electron chi connectivity index (χ3n) is 7.15. The van der Waals surface area contributed by atoms with E-state index in [9.17, 15) is 14.7 Å². The molecule has 5 rings (SSSR count). The minimum atomic E-state index is -1.38. The molecule has 2 bridgehead atoms. The van der Waals surface area contributed by atoms with E-state index >= 15 is 0 Å². The molecule has 3 aliphatic carbocycles. The molecule has 0 radical (unpaired) electrons. The first kappa shape index (κ1) is 26.4. The third kappa shape index (κ3) is 5.81. The van der Waals surface area contributed by atoms with Crippen LogP contribution in [0.2, 0.25) is 25.7 Å². The van der Waals surface area contributed by atoms with Crippen molar-refractivity contribution >= 4 is 20.0 Å². The lowest BCUT2D eigenvalue weighted by Gasteiger charge is -2.49. The largest absolute Gasteiger partial charge is 0.489 e. The summed E-state index contributed by atoms with van der Waals surface area (Å²) in [5.74, 6) is -2.48. The highest BCUT2D eigenvalue weighted by Gasteiger charge is 2.57. The summed E-state index contributed by atoms with van der Waals surface area (Å²) < 4.78 is 17.3. The van der Waals surface area contributed by atoms with Gasteiger partial charge in [-0.1, -0.05) is 38.7 Å². The van der Waals surface area contributed by atoms with Crippen LogP contribution in [0.1, 0.15) is 48.3 Å². The number of benzene rings is 1. The standard InChI is InChI=1S/C28H37NO6Si/c1-5-11-33-28(32)26-24-21-14-19(35-17-18-7-6-10-29-16-18)8-9-20(21)22(15-23(24)30)25(26)27(31)34-12-13-36(2,3)4/h6-10,14,16,22-26,30H,5,11-13,15,17H2,1-4H3/t22?,23?,24-,25-,26-/m1/s1. The van der Waals surface area contributed by atoms with Crippen LogP contribution in [0.3, 0.4) is 0 Å². The number of rotatable bonds is 10. The molecule has 0 aliphatic heterocycles. The Morgan fingerprint density at radius 2 is 1.81 bits per heavy atom. The molecule has 194 valence electrons. The molecule has 8 heteroatoms. The molecular weight excluding hydrogens is 474 g/mol.